The zero-order chi connectivity index (χ0) is 24.7. The molecule has 1 aliphatic rings. The molecule has 0 unspecified atom stereocenters. The van der Waals surface area contributed by atoms with Crippen LogP contribution >= 0.6 is 45.3 Å². The summed E-state index contributed by atoms with van der Waals surface area (Å²) in [5.41, 5.74) is 3.17. The van der Waals surface area contributed by atoms with Gasteiger partial charge >= 0.3 is 0 Å². The van der Waals surface area contributed by atoms with Gasteiger partial charge in [0.25, 0.3) is 11.6 Å². The Balaban J connectivity index is 1.62. The Hall–Kier alpha value is -1.57. The Morgan fingerprint density at radius 1 is 0.618 bits per heavy atom. The minimum Gasteiger partial charge on any atom is -0.283 e. The molecule has 0 bridgehead atoms. The van der Waals surface area contributed by atoms with Crippen molar-refractivity contribution in [2.45, 2.75) is 53.1 Å². The van der Waals surface area contributed by atoms with Crippen molar-refractivity contribution in [3.8, 4) is 29.5 Å². The lowest BCUT2D eigenvalue weighted by atomic mass is 10.0. The first-order valence-corrected chi connectivity index (χ1v) is 21.4. The van der Waals surface area contributed by atoms with E-state index in [0.29, 0.717) is 11.4 Å². The fraction of sp³-hybridized carbons (Fsp3) is 0.333. The van der Waals surface area contributed by atoms with Crippen molar-refractivity contribution < 1.29 is 9.59 Å². The molecule has 0 amide bonds. The van der Waals surface area contributed by atoms with Gasteiger partial charge in [-0.2, -0.15) is 0 Å². The molecule has 0 spiro atoms. The Morgan fingerprint density at radius 3 is 1.26 bits per heavy atom. The van der Waals surface area contributed by atoms with E-state index in [2.05, 4.69) is 75.2 Å². The molecule has 4 heterocycles. The summed E-state index contributed by atoms with van der Waals surface area (Å²) in [4.78, 5) is 39.0. The van der Waals surface area contributed by atoms with Gasteiger partial charge in [0.2, 0.25) is 0 Å². The number of carbonyl (C=O) groups is 2. The van der Waals surface area contributed by atoms with Gasteiger partial charge in [0.05, 0.1) is 35.7 Å². The van der Waals surface area contributed by atoms with Crippen molar-refractivity contribution in [1.29, 1.82) is 0 Å². The zero-order valence-corrected chi connectivity index (χ0v) is 25.8. The summed E-state index contributed by atoms with van der Waals surface area (Å²) in [6.45, 7) is 18.4. The van der Waals surface area contributed by atoms with Crippen LogP contribution < -0.4 is 9.00 Å². The second kappa shape index (κ2) is 7.97. The maximum atomic E-state index is 13.0. The SMILES string of the molecule is Cc1cc(-c2nc3c(s2)-c2sc(-c4cc(C)c([Si](C)(C)C)s4)nc2C(=O)C3=O)sc1[Si](C)(C)C. The molecule has 4 aromatic rings. The van der Waals surface area contributed by atoms with Gasteiger partial charge in [-0.3, -0.25) is 9.59 Å². The Bertz CT molecular complexity index is 1380. The molecule has 4 aromatic heterocycles. The van der Waals surface area contributed by atoms with Crippen LogP contribution in [0.2, 0.25) is 39.3 Å². The molecular weight excluding hydrogens is 533 g/mol. The number of rotatable bonds is 4. The quantitative estimate of drug-likeness (QED) is 0.204. The lowest BCUT2D eigenvalue weighted by molar-refractivity contribution is 0.0810. The Kier molecular flexibility index (Phi) is 5.66. The Labute approximate surface area is 217 Å². The predicted molar refractivity (Wildman–Crippen MR) is 154 cm³/mol. The highest BCUT2D eigenvalue weighted by atomic mass is 32.1. The molecule has 0 atom stereocenters. The number of hydrogen-bond donors (Lipinski definition) is 0. The molecular formula is C24H26N2O2S4Si2. The lowest BCUT2D eigenvalue weighted by Gasteiger charge is -2.14. The highest BCUT2D eigenvalue weighted by Crippen LogP contribution is 2.46. The van der Waals surface area contributed by atoms with Crippen molar-refractivity contribution >= 4 is 82.1 Å². The van der Waals surface area contributed by atoms with Crippen molar-refractivity contribution in [2.75, 3.05) is 0 Å². The maximum absolute atomic E-state index is 13.0. The van der Waals surface area contributed by atoms with E-state index in [1.807, 2.05) is 0 Å². The first-order valence-electron chi connectivity index (χ1n) is 11.1. The Morgan fingerprint density at radius 2 is 0.971 bits per heavy atom. The molecule has 10 heteroatoms. The third-order valence-corrected chi connectivity index (χ3v) is 18.2. The van der Waals surface area contributed by atoms with Crippen LogP contribution in [0.4, 0.5) is 0 Å². The molecule has 0 radical (unpaired) electrons. The molecule has 0 N–H and O–H groups in total. The van der Waals surface area contributed by atoms with Crippen LogP contribution in [0.3, 0.4) is 0 Å². The van der Waals surface area contributed by atoms with Crippen molar-refractivity contribution in [2.24, 2.45) is 0 Å². The molecule has 34 heavy (non-hydrogen) atoms. The van der Waals surface area contributed by atoms with E-state index in [-0.39, 0.29) is 0 Å². The molecule has 5 rings (SSSR count). The van der Waals surface area contributed by atoms with Crippen LogP contribution in [-0.4, -0.2) is 37.7 Å². The van der Waals surface area contributed by atoms with E-state index in [1.54, 1.807) is 22.7 Å². The van der Waals surface area contributed by atoms with E-state index in [9.17, 15) is 9.59 Å². The molecule has 176 valence electrons. The van der Waals surface area contributed by atoms with E-state index in [4.69, 9.17) is 0 Å². The smallest absolute Gasteiger partial charge is 0.255 e. The van der Waals surface area contributed by atoms with Gasteiger partial charge in [-0.25, -0.2) is 9.97 Å². The van der Waals surface area contributed by atoms with Gasteiger partial charge in [-0.1, -0.05) is 39.3 Å². The van der Waals surface area contributed by atoms with E-state index in [0.717, 1.165) is 29.5 Å². The number of fused-ring (bicyclic) bond motifs is 3. The largest absolute Gasteiger partial charge is 0.283 e. The van der Waals surface area contributed by atoms with Crippen LogP contribution in [0.5, 0.6) is 0 Å². The standard InChI is InChI=1S/C24H26N2O2S4Si2/c1-11-9-13(29-23(11)33(3,4)5)21-25-15-17(27)18(28)16-20(19(15)31-21)32-22(26-16)14-10-12(2)24(30-14)34(6,7)8/h9-10H,1-8H3. The molecule has 0 fully saturated rings. The van der Waals surface area contributed by atoms with Crippen molar-refractivity contribution in [3.63, 3.8) is 0 Å². The van der Waals surface area contributed by atoms with E-state index in [1.165, 1.54) is 42.8 Å². The van der Waals surface area contributed by atoms with Crippen LogP contribution in [0.15, 0.2) is 12.1 Å². The number of ketones is 2. The monoisotopic (exact) mass is 558 g/mol. The summed E-state index contributed by atoms with van der Waals surface area (Å²) in [6.07, 6.45) is 0. The van der Waals surface area contributed by atoms with Crippen LogP contribution in [-0.2, 0) is 0 Å². The van der Waals surface area contributed by atoms with Crippen molar-refractivity contribution in [3.05, 3.63) is 34.6 Å². The summed E-state index contributed by atoms with van der Waals surface area (Å²) in [5.74, 6) is -1.07. The van der Waals surface area contributed by atoms with Gasteiger partial charge in [-0.05, 0) is 46.1 Å². The third-order valence-electron chi connectivity index (χ3n) is 5.72. The summed E-state index contributed by atoms with van der Waals surface area (Å²) in [5, 5.41) is 1.64. The molecule has 1 aliphatic carbocycles. The van der Waals surface area contributed by atoms with Gasteiger partial charge in [0.1, 0.15) is 21.4 Å². The summed E-state index contributed by atoms with van der Waals surface area (Å²) in [7, 11) is -2.93. The number of thiophene rings is 2. The van der Waals surface area contributed by atoms with Crippen molar-refractivity contribution in [1.82, 2.24) is 9.97 Å². The first-order chi connectivity index (χ1) is 15.8. The number of nitrogens with zero attached hydrogens (tertiary/aromatic N) is 2. The lowest BCUT2D eigenvalue weighted by Crippen LogP contribution is -2.36. The average Bonchev–Trinajstić information content (AvgIpc) is 3.47. The van der Waals surface area contributed by atoms with Gasteiger partial charge < -0.3 is 0 Å². The van der Waals surface area contributed by atoms with Crippen LogP contribution in [0.1, 0.15) is 32.1 Å². The minimum atomic E-state index is -1.46. The fourth-order valence-electron chi connectivity index (χ4n) is 4.35. The fourth-order valence-corrected chi connectivity index (χ4v) is 14.2. The van der Waals surface area contributed by atoms with Crippen LogP contribution in [0.25, 0.3) is 29.5 Å². The van der Waals surface area contributed by atoms with Gasteiger partial charge in [0, 0.05) is 0 Å². The normalized spacial score (nSPS) is 14.0. The summed E-state index contributed by atoms with van der Waals surface area (Å²) >= 11 is 6.59. The van der Waals surface area contributed by atoms with Gasteiger partial charge in [-0.15, -0.1) is 45.3 Å². The topological polar surface area (TPSA) is 59.9 Å². The van der Waals surface area contributed by atoms with Crippen LogP contribution in [0, 0.1) is 13.8 Å². The van der Waals surface area contributed by atoms with E-state index >= 15 is 0 Å². The van der Waals surface area contributed by atoms with E-state index < -0.39 is 27.7 Å². The minimum absolute atomic E-state index is 0.290. The highest BCUT2D eigenvalue weighted by Gasteiger charge is 2.38. The average molecular weight is 559 g/mol. The molecule has 4 nitrogen and oxygen atoms in total. The number of aromatic nitrogens is 2. The van der Waals surface area contributed by atoms with Gasteiger partial charge in [0.15, 0.2) is 0 Å². The molecule has 0 aliphatic heterocycles. The molecule has 0 saturated carbocycles. The second-order valence-corrected chi connectivity index (χ2v) is 25.6. The molecule has 0 aromatic carbocycles. The number of carbonyl (C=O) groups excluding carboxylic acids is 2. The third kappa shape index (κ3) is 3.88. The zero-order valence-electron chi connectivity index (χ0n) is 20.5. The summed E-state index contributed by atoms with van der Waals surface area (Å²) in [6, 6.07) is 4.36. The first kappa shape index (κ1) is 24.1. The number of Topliss-reactive ketones (excluding diaryl/α,β-unsaturated/α-hetero) is 2. The predicted octanol–water partition coefficient (Wildman–Crippen LogP) is 6.81. The highest BCUT2D eigenvalue weighted by molar-refractivity contribution is 7.33. The number of aryl methyl sites for hydroxylation is 2. The maximum Gasteiger partial charge on any atom is 0.255 e. The number of hydrogen-bond acceptors (Lipinski definition) is 8. The second-order valence-electron chi connectivity index (χ2n) is 10.8. The molecule has 0 saturated heterocycles. The number of thiazole rings is 2. The summed E-state index contributed by atoms with van der Waals surface area (Å²) < 4.78 is 2.90.